The van der Waals surface area contributed by atoms with Crippen molar-refractivity contribution in [2.45, 2.75) is 0 Å². The highest BCUT2D eigenvalue weighted by Crippen LogP contribution is 2.50. The topological polar surface area (TPSA) is 35.1 Å². The Morgan fingerprint density at radius 1 is 0.453 bits per heavy atom. The lowest BCUT2D eigenvalue weighted by atomic mass is 10.0. The van der Waals surface area contributed by atoms with E-state index >= 15 is 0 Å². The summed E-state index contributed by atoms with van der Waals surface area (Å²) in [7, 11) is 0. The molecule has 0 saturated heterocycles. The number of benzene rings is 8. The number of rotatable bonds is 2. The van der Waals surface area contributed by atoms with Crippen molar-refractivity contribution in [3.05, 3.63) is 158 Å². The van der Waals surface area contributed by atoms with E-state index < -0.39 is 0 Å². The van der Waals surface area contributed by atoms with Crippen molar-refractivity contribution in [2.75, 3.05) is 0 Å². The van der Waals surface area contributed by atoms with Crippen LogP contribution in [0.3, 0.4) is 0 Å². The first kappa shape index (κ1) is 27.8. The van der Waals surface area contributed by atoms with Gasteiger partial charge in [0.1, 0.15) is 5.69 Å². The standard InChI is InChI=1S/C48H26N4S/c1-2-13-28(14-3-1)43-48(50-44-29-15-5-4-12-27(29)24-25-36(44)49-43)52-39-22-11-21-38-42(39)41-34(26-35-31-17-7-9-23-40(31)53-47(35)46(41)52)33-19-10-18-32-30-16-6-8-20-37(30)51(38)45(32)33/h1-26H. The average molecular weight is 691 g/mol. The zero-order valence-corrected chi connectivity index (χ0v) is 29.0. The zero-order valence-electron chi connectivity index (χ0n) is 28.2. The third-order valence-corrected chi connectivity index (χ3v) is 12.6. The van der Waals surface area contributed by atoms with Gasteiger partial charge in [-0.2, -0.15) is 0 Å². The Balaban J connectivity index is 1.36. The molecule has 13 rings (SSSR count). The van der Waals surface area contributed by atoms with Gasteiger partial charge < -0.3 is 4.40 Å². The van der Waals surface area contributed by atoms with Crippen LogP contribution in [0.15, 0.2) is 158 Å². The second-order valence-corrected chi connectivity index (χ2v) is 15.2. The first-order chi connectivity index (χ1) is 26.3. The van der Waals surface area contributed by atoms with Gasteiger partial charge in [-0.15, -0.1) is 11.3 Å². The Hall–Kier alpha value is -6.82. The summed E-state index contributed by atoms with van der Waals surface area (Å²) in [5.74, 6) is 0.837. The molecule has 8 aromatic carbocycles. The van der Waals surface area contributed by atoms with Gasteiger partial charge in [-0.1, -0.05) is 121 Å². The van der Waals surface area contributed by atoms with Gasteiger partial charge in [-0.25, -0.2) is 9.97 Å². The molecule has 5 aromatic heterocycles. The molecule has 0 aliphatic heterocycles. The van der Waals surface area contributed by atoms with Crippen molar-refractivity contribution < 1.29 is 0 Å². The Kier molecular flexibility index (Phi) is 5.22. The molecule has 13 aromatic rings. The van der Waals surface area contributed by atoms with E-state index in [9.17, 15) is 0 Å². The maximum atomic E-state index is 5.71. The Labute approximate surface area is 305 Å². The minimum Gasteiger partial charge on any atom is -0.308 e. The van der Waals surface area contributed by atoms with E-state index in [2.05, 4.69) is 167 Å². The second kappa shape index (κ2) is 9.94. The van der Waals surface area contributed by atoms with E-state index in [1.807, 2.05) is 11.3 Å². The molecule has 0 saturated carbocycles. The molecule has 4 nitrogen and oxygen atoms in total. The van der Waals surface area contributed by atoms with Gasteiger partial charge >= 0.3 is 0 Å². The van der Waals surface area contributed by atoms with Gasteiger partial charge in [-0.3, -0.25) is 4.57 Å². The van der Waals surface area contributed by atoms with Crippen molar-refractivity contribution in [2.24, 2.45) is 0 Å². The highest BCUT2D eigenvalue weighted by molar-refractivity contribution is 7.26. The quantitative estimate of drug-likeness (QED) is 0.169. The van der Waals surface area contributed by atoms with Crippen LogP contribution in [0.25, 0.3) is 119 Å². The normalized spacial score (nSPS) is 12.5. The number of hydrogen-bond acceptors (Lipinski definition) is 3. The lowest BCUT2D eigenvalue weighted by molar-refractivity contribution is 1.09. The first-order valence-corrected chi connectivity index (χ1v) is 18.8. The molecule has 0 fully saturated rings. The third-order valence-electron chi connectivity index (χ3n) is 11.4. The summed E-state index contributed by atoms with van der Waals surface area (Å²) < 4.78 is 7.49. The van der Waals surface area contributed by atoms with Crippen molar-refractivity contribution in [1.29, 1.82) is 0 Å². The van der Waals surface area contributed by atoms with Crippen LogP contribution in [-0.4, -0.2) is 18.9 Å². The Morgan fingerprint density at radius 3 is 2.06 bits per heavy atom. The molecule has 0 amide bonds. The summed E-state index contributed by atoms with van der Waals surface area (Å²) in [6.07, 6.45) is 0. The molecular weight excluding hydrogens is 665 g/mol. The molecule has 244 valence electrons. The fraction of sp³-hybridized carbons (Fsp3) is 0. The number of fused-ring (bicyclic) bond motifs is 12. The predicted molar refractivity (Wildman–Crippen MR) is 224 cm³/mol. The van der Waals surface area contributed by atoms with Crippen molar-refractivity contribution in [1.82, 2.24) is 18.9 Å². The lowest BCUT2D eigenvalue weighted by Crippen LogP contribution is -2.04. The van der Waals surface area contributed by atoms with E-state index in [-0.39, 0.29) is 0 Å². The largest absolute Gasteiger partial charge is 0.308 e. The maximum absolute atomic E-state index is 5.71. The molecule has 5 heteroatoms. The first-order valence-electron chi connectivity index (χ1n) is 18.0. The number of hydrogen-bond donors (Lipinski definition) is 0. The summed E-state index contributed by atoms with van der Waals surface area (Å²) in [4.78, 5) is 11.2. The fourth-order valence-electron chi connectivity index (χ4n) is 9.23. The molecule has 0 aliphatic rings. The fourth-order valence-corrected chi connectivity index (χ4v) is 10.5. The summed E-state index contributed by atoms with van der Waals surface area (Å²) in [6.45, 7) is 0. The average Bonchev–Trinajstić information content (AvgIpc) is 3.86. The van der Waals surface area contributed by atoms with Crippen LogP contribution in [0.2, 0.25) is 0 Å². The monoisotopic (exact) mass is 690 g/mol. The Morgan fingerprint density at radius 2 is 1.15 bits per heavy atom. The van der Waals surface area contributed by atoms with Crippen LogP contribution in [-0.2, 0) is 0 Å². The minimum atomic E-state index is 0.837. The van der Waals surface area contributed by atoms with E-state index in [4.69, 9.17) is 9.97 Å². The number of aromatic nitrogens is 4. The smallest absolute Gasteiger partial charge is 0.165 e. The summed E-state index contributed by atoms with van der Waals surface area (Å²) >= 11 is 1.87. The van der Waals surface area contributed by atoms with Gasteiger partial charge in [0, 0.05) is 53.4 Å². The highest BCUT2D eigenvalue weighted by atomic mass is 32.1. The molecule has 0 radical (unpaired) electrons. The molecule has 0 bridgehead atoms. The van der Waals surface area contributed by atoms with Gasteiger partial charge in [0.05, 0.1) is 43.3 Å². The van der Waals surface area contributed by atoms with Crippen molar-refractivity contribution in [3.8, 4) is 17.1 Å². The highest BCUT2D eigenvalue weighted by Gasteiger charge is 2.27. The molecule has 53 heavy (non-hydrogen) atoms. The van der Waals surface area contributed by atoms with Crippen LogP contribution in [0.4, 0.5) is 0 Å². The SMILES string of the molecule is c1ccc(-c2nc3ccc4ccccc4c3nc2-n2c3cccc4c3c3c(cc5c6ccccc6sc5c32)c2cccc3c5ccccc5n4c23)cc1. The van der Waals surface area contributed by atoms with E-state index in [0.717, 1.165) is 44.4 Å². The predicted octanol–water partition coefficient (Wildman–Crippen LogP) is 13.1. The summed E-state index contributed by atoms with van der Waals surface area (Å²) in [6, 6.07) is 57.1. The number of thiophene rings is 1. The van der Waals surface area contributed by atoms with Gasteiger partial charge in [0.25, 0.3) is 0 Å². The van der Waals surface area contributed by atoms with Crippen LogP contribution in [0.1, 0.15) is 0 Å². The minimum absolute atomic E-state index is 0.837. The molecule has 0 spiro atoms. The summed E-state index contributed by atoms with van der Waals surface area (Å²) in [5, 5.41) is 12.3. The number of para-hydroxylation sites is 2. The molecule has 0 aliphatic carbocycles. The molecular formula is C48H26N4S. The number of nitrogens with zero attached hydrogens (tertiary/aromatic N) is 4. The lowest BCUT2D eigenvalue weighted by Gasteiger charge is -2.15. The molecule has 0 unspecified atom stereocenters. The van der Waals surface area contributed by atoms with Crippen molar-refractivity contribution >= 4 is 113 Å². The molecule has 0 N–H and O–H groups in total. The zero-order chi connectivity index (χ0) is 34.4. The van der Waals surface area contributed by atoms with Crippen LogP contribution >= 0.6 is 11.3 Å². The van der Waals surface area contributed by atoms with Gasteiger partial charge in [-0.05, 0) is 47.2 Å². The van der Waals surface area contributed by atoms with E-state index in [1.54, 1.807) is 0 Å². The molecule has 5 heterocycles. The van der Waals surface area contributed by atoms with Crippen molar-refractivity contribution in [3.63, 3.8) is 0 Å². The van der Waals surface area contributed by atoms with Crippen LogP contribution in [0.5, 0.6) is 0 Å². The van der Waals surface area contributed by atoms with E-state index in [0.29, 0.717) is 0 Å². The maximum Gasteiger partial charge on any atom is 0.165 e. The van der Waals surface area contributed by atoms with Gasteiger partial charge in [0.15, 0.2) is 5.82 Å². The van der Waals surface area contributed by atoms with Crippen LogP contribution < -0.4 is 0 Å². The van der Waals surface area contributed by atoms with Crippen LogP contribution in [0, 0.1) is 0 Å². The second-order valence-electron chi connectivity index (χ2n) is 14.1. The molecule has 0 atom stereocenters. The van der Waals surface area contributed by atoms with E-state index in [1.165, 1.54) is 74.6 Å². The van der Waals surface area contributed by atoms with Gasteiger partial charge in [0.2, 0.25) is 0 Å². The summed E-state index contributed by atoms with van der Waals surface area (Å²) in [5.41, 5.74) is 9.65. The Bertz CT molecular complexity index is 3680. The third kappa shape index (κ3) is 3.50.